The van der Waals surface area contributed by atoms with Crippen LogP contribution in [0.25, 0.3) is 0 Å². The standard InChI is InChI=1S/C25H33FN2O6S/c1-32-23-14-13-22(17-24(23)33-2)35(30,31)28(20-11-9-19(26)10-12-20)18-25(29)27-15-6-16-34-21-7-4-3-5-8-21/h9-14,17,21H,3-8,15-16,18H2,1-2H3,(H,27,29). The molecule has 8 nitrogen and oxygen atoms in total. The summed E-state index contributed by atoms with van der Waals surface area (Å²) in [5.41, 5.74) is 0.164. The van der Waals surface area contributed by atoms with Gasteiger partial charge < -0.3 is 19.5 Å². The Hall–Kier alpha value is -2.85. The van der Waals surface area contributed by atoms with E-state index in [9.17, 15) is 17.6 Å². The lowest BCUT2D eigenvalue weighted by atomic mass is 9.98. The van der Waals surface area contributed by atoms with Crippen molar-refractivity contribution >= 4 is 21.6 Å². The normalized spacial score (nSPS) is 14.4. The molecule has 0 heterocycles. The quantitative estimate of drug-likeness (QED) is 0.437. The van der Waals surface area contributed by atoms with Crippen LogP contribution in [0.1, 0.15) is 38.5 Å². The molecule has 0 spiro atoms. The van der Waals surface area contributed by atoms with Crippen LogP contribution in [0.4, 0.5) is 10.1 Å². The molecule has 3 rings (SSSR count). The van der Waals surface area contributed by atoms with Crippen LogP contribution < -0.4 is 19.1 Å². The molecular formula is C25H33FN2O6S. The lowest BCUT2D eigenvalue weighted by molar-refractivity contribution is -0.119. The van der Waals surface area contributed by atoms with Gasteiger partial charge in [-0.3, -0.25) is 9.10 Å². The summed E-state index contributed by atoms with van der Waals surface area (Å²) in [4.78, 5) is 12.6. The number of nitrogens with one attached hydrogen (secondary N) is 1. The molecule has 1 N–H and O–H groups in total. The van der Waals surface area contributed by atoms with Gasteiger partial charge in [-0.25, -0.2) is 12.8 Å². The van der Waals surface area contributed by atoms with Gasteiger partial charge in [-0.1, -0.05) is 19.3 Å². The molecule has 0 radical (unpaired) electrons. The number of rotatable bonds is 12. The molecule has 10 heteroatoms. The Bertz CT molecular complexity index is 1070. The second-order valence-corrected chi connectivity index (χ2v) is 10.2. The van der Waals surface area contributed by atoms with Crippen molar-refractivity contribution < 1.29 is 31.8 Å². The molecule has 0 aliphatic heterocycles. The highest BCUT2D eigenvalue weighted by Crippen LogP contribution is 2.32. The van der Waals surface area contributed by atoms with Gasteiger partial charge >= 0.3 is 0 Å². The van der Waals surface area contributed by atoms with E-state index >= 15 is 0 Å². The van der Waals surface area contributed by atoms with E-state index in [1.54, 1.807) is 0 Å². The molecule has 1 amide bonds. The number of anilines is 1. The summed E-state index contributed by atoms with van der Waals surface area (Å²) in [5, 5.41) is 2.75. The van der Waals surface area contributed by atoms with Crippen molar-refractivity contribution in [2.75, 3.05) is 38.2 Å². The number of nitrogens with zero attached hydrogens (tertiary/aromatic N) is 1. The molecule has 1 saturated carbocycles. The van der Waals surface area contributed by atoms with Gasteiger partial charge in [0.15, 0.2) is 11.5 Å². The predicted octanol–water partition coefficient (Wildman–Crippen LogP) is 3.89. The van der Waals surface area contributed by atoms with E-state index < -0.39 is 28.3 Å². The van der Waals surface area contributed by atoms with E-state index in [2.05, 4.69) is 5.32 Å². The average molecular weight is 509 g/mol. The molecule has 2 aromatic carbocycles. The van der Waals surface area contributed by atoms with Gasteiger partial charge in [0.25, 0.3) is 10.0 Å². The Morgan fingerprint density at radius 1 is 1.03 bits per heavy atom. The highest BCUT2D eigenvalue weighted by molar-refractivity contribution is 7.92. The van der Waals surface area contributed by atoms with Gasteiger partial charge in [-0.05, 0) is 55.7 Å². The minimum Gasteiger partial charge on any atom is -0.493 e. The maximum absolute atomic E-state index is 13.5. The number of carbonyl (C=O) groups is 1. The second-order valence-electron chi connectivity index (χ2n) is 8.34. The monoisotopic (exact) mass is 508 g/mol. The number of carbonyl (C=O) groups excluding carboxylic acids is 1. The molecular weight excluding hydrogens is 475 g/mol. The van der Waals surface area contributed by atoms with Crippen molar-refractivity contribution in [2.24, 2.45) is 0 Å². The molecule has 1 fully saturated rings. The molecule has 35 heavy (non-hydrogen) atoms. The zero-order chi connectivity index (χ0) is 25.3. The fourth-order valence-electron chi connectivity index (χ4n) is 3.99. The minimum absolute atomic E-state index is 0.0897. The SMILES string of the molecule is COc1ccc(S(=O)(=O)N(CC(=O)NCCCOC2CCCCC2)c2ccc(F)cc2)cc1OC. The summed E-state index contributed by atoms with van der Waals surface area (Å²) in [7, 11) is -1.33. The van der Waals surface area contributed by atoms with Crippen molar-refractivity contribution in [3.8, 4) is 11.5 Å². The molecule has 0 unspecified atom stereocenters. The summed E-state index contributed by atoms with van der Waals surface area (Å²) in [5.74, 6) is -0.390. The first-order valence-corrected chi connectivity index (χ1v) is 13.2. The van der Waals surface area contributed by atoms with Crippen LogP contribution in [0.5, 0.6) is 11.5 Å². The zero-order valence-corrected chi connectivity index (χ0v) is 21.0. The first-order valence-electron chi connectivity index (χ1n) is 11.7. The van der Waals surface area contributed by atoms with Gasteiger partial charge in [0.1, 0.15) is 12.4 Å². The molecule has 0 saturated heterocycles. The molecule has 0 aromatic heterocycles. The Morgan fingerprint density at radius 2 is 1.71 bits per heavy atom. The molecule has 2 aromatic rings. The van der Waals surface area contributed by atoms with E-state index in [0.29, 0.717) is 31.4 Å². The van der Waals surface area contributed by atoms with Crippen LogP contribution in [-0.2, 0) is 19.6 Å². The van der Waals surface area contributed by atoms with E-state index in [1.165, 1.54) is 63.8 Å². The van der Waals surface area contributed by atoms with Crippen molar-refractivity contribution in [2.45, 2.75) is 49.5 Å². The van der Waals surface area contributed by atoms with Gasteiger partial charge in [0.2, 0.25) is 5.91 Å². The molecule has 0 bridgehead atoms. The third-order valence-corrected chi connectivity index (χ3v) is 7.66. The van der Waals surface area contributed by atoms with Crippen LogP contribution in [0.3, 0.4) is 0 Å². The number of ether oxygens (including phenoxy) is 3. The van der Waals surface area contributed by atoms with Crippen molar-refractivity contribution in [1.82, 2.24) is 5.32 Å². The third-order valence-electron chi connectivity index (χ3n) is 5.89. The lowest BCUT2D eigenvalue weighted by Gasteiger charge is -2.24. The molecule has 0 atom stereocenters. The number of hydrogen-bond donors (Lipinski definition) is 1. The minimum atomic E-state index is -4.18. The smallest absolute Gasteiger partial charge is 0.264 e. The average Bonchev–Trinajstić information content (AvgIpc) is 2.87. The summed E-state index contributed by atoms with van der Waals surface area (Å²) >= 11 is 0. The van der Waals surface area contributed by atoms with Crippen molar-refractivity contribution in [3.63, 3.8) is 0 Å². The van der Waals surface area contributed by atoms with Crippen LogP contribution in [0, 0.1) is 5.82 Å². The number of hydrogen-bond acceptors (Lipinski definition) is 6. The first kappa shape index (κ1) is 26.7. The van der Waals surface area contributed by atoms with Crippen molar-refractivity contribution in [1.29, 1.82) is 0 Å². The highest BCUT2D eigenvalue weighted by atomic mass is 32.2. The highest BCUT2D eigenvalue weighted by Gasteiger charge is 2.28. The molecule has 192 valence electrons. The van der Waals surface area contributed by atoms with Gasteiger partial charge in [-0.2, -0.15) is 0 Å². The van der Waals surface area contributed by atoms with E-state index in [-0.39, 0.29) is 16.3 Å². The van der Waals surface area contributed by atoms with Crippen LogP contribution in [0.2, 0.25) is 0 Å². The van der Waals surface area contributed by atoms with Crippen LogP contribution in [0.15, 0.2) is 47.4 Å². The summed E-state index contributed by atoms with van der Waals surface area (Å²) in [6.45, 7) is 0.432. The Morgan fingerprint density at radius 3 is 2.37 bits per heavy atom. The topological polar surface area (TPSA) is 94.2 Å². The fourth-order valence-corrected chi connectivity index (χ4v) is 5.43. The Balaban J connectivity index is 1.69. The summed E-state index contributed by atoms with van der Waals surface area (Å²) in [6.07, 6.45) is 6.71. The fraction of sp³-hybridized carbons (Fsp3) is 0.480. The van der Waals surface area contributed by atoms with Gasteiger partial charge in [0, 0.05) is 19.2 Å². The lowest BCUT2D eigenvalue weighted by Crippen LogP contribution is -2.41. The van der Waals surface area contributed by atoms with Crippen LogP contribution >= 0.6 is 0 Å². The predicted molar refractivity (Wildman–Crippen MR) is 131 cm³/mol. The Kier molecular flexibility index (Phi) is 9.73. The first-order chi connectivity index (χ1) is 16.8. The van der Waals surface area contributed by atoms with E-state index in [0.717, 1.165) is 29.3 Å². The maximum Gasteiger partial charge on any atom is 0.264 e. The Labute approximate surface area is 206 Å². The number of benzene rings is 2. The van der Waals surface area contributed by atoms with Crippen LogP contribution in [-0.4, -0.2) is 54.3 Å². The zero-order valence-electron chi connectivity index (χ0n) is 20.2. The van der Waals surface area contributed by atoms with Gasteiger partial charge in [-0.15, -0.1) is 0 Å². The largest absolute Gasteiger partial charge is 0.493 e. The number of halogens is 1. The van der Waals surface area contributed by atoms with E-state index in [1.807, 2.05) is 0 Å². The van der Waals surface area contributed by atoms with Gasteiger partial charge in [0.05, 0.1) is 30.9 Å². The molecule has 1 aliphatic rings. The third kappa shape index (κ3) is 7.32. The van der Waals surface area contributed by atoms with Crippen molar-refractivity contribution in [3.05, 3.63) is 48.3 Å². The number of sulfonamides is 1. The second kappa shape index (κ2) is 12.7. The van der Waals surface area contributed by atoms with E-state index in [4.69, 9.17) is 14.2 Å². The molecule has 1 aliphatic carbocycles. The summed E-state index contributed by atoms with van der Waals surface area (Å²) < 4.78 is 57.7. The number of amides is 1. The summed E-state index contributed by atoms with van der Waals surface area (Å²) in [6, 6.07) is 9.09. The number of methoxy groups -OCH3 is 2. The maximum atomic E-state index is 13.5.